The van der Waals surface area contributed by atoms with Crippen molar-refractivity contribution in [2.45, 2.75) is 20.1 Å². The molecule has 1 aliphatic heterocycles. The van der Waals surface area contributed by atoms with E-state index in [1.165, 1.54) is 12.1 Å². The Labute approximate surface area is 159 Å². The van der Waals surface area contributed by atoms with Gasteiger partial charge in [-0.15, -0.1) is 0 Å². The molecule has 0 fully saturated rings. The molecule has 1 aliphatic rings. The highest BCUT2D eigenvalue weighted by atomic mass is 79.9. The van der Waals surface area contributed by atoms with Crippen molar-refractivity contribution < 1.29 is 18.6 Å². The quantitative estimate of drug-likeness (QED) is 0.736. The Morgan fingerprint density at radius 2 is 2.00 bits per heavy atom. The maximum atomic E-state index is 13.7. The van der Waals surface area contributed by atoms with Crippen LogP contribution in [0.2, 0.25) is 0 Å². The molecule has 3 nitrogen and oxygen atoms in total. The molecule has 0 atom stereocenters. The number of benzene rings is 2. The second-order valence-corrected chi connectivity index (χ2v) is 6.95. The number of ether oxygens (including phenoxy) is 1. The minimum absolute atomic E-state index is 0.0142. The SMILES string of the molecule is CC1=CC(OCc2ccc(F)cc2F)=C(Br)CN1c1cccc(CO)c1. The number of aliphatic hydroxyl groups is 1. The van der Waals surface area contributed by atoms with Crippen LogP contribution in [0.5, 0.6) is 0 Å². The van der Waals surface area contributed by atoms with E-state index in [-0.39, 0.29) is 13.2 Å². The molecule has 6 heteroatoms. The molecule has 26 heavy (non-hydrogen) atoms. The summed E-state index contributed by atoms with van der Waals surface area (Å²) in [6.45, 7) is 2.50. The minimum atomic E-state index is -0.624. The normalized spacial score (nSPS) is 14.5. The lowest BCUT2D eigenvalue weighted by Crippen LogP contribution is -2.26. The van der Waals surface area contributed by atoms with E-state index in [9.17, 15) is 13.9 Å². The van der Waals surface area contributed by atoms with Gasteiger partial charge in [-0.05, 0) is 52.7 Å². The van der Waals surface area contributed by atoms with Crippen molar-refractivity contribution in [3.05, 3.63) is 87.2 Å². The van der Waals surface area contributed by atoms with E-state index in [1.54, 1.807) is 0 Å². The zero-order valence-corrected chi connectivity index (χ0v) is 15.8. The summed E-state index contributed by atoms with van der Waals surface area (Å²) in [5, 5.41) is 9.31. The predicted octanol–water partition coefficient (Wildman–Crippen LogP) is 5.00. The van der Waals surface area contributed by atoms with Crippen LogP contribution in [0.4, 0.5) is 14.5 Å². The van der Waals surface area contributed by atoms with Crippen LogP contribution in [0.15, 0.2) is 64.5 Å². The highest BCUT2D eigenvalue weighted by Crippen LogP contribution is 2.31. The number of hydrogen-bond donors (Lipinski definition) is 1. The first-order chi connectivity index (χ1) is 12.5. The molecule has 0 unspecified atom stereocenters. The fourth-order valence-corrected chi connectivity index (χ4v) is 3.20. The Morgan fingerprint density at radius 1 is 1.19 bits per heavy atom. The monoisotopic (exact) mass is 421 g/mol. The van der Waals surface area contributed by atoms with Crippen LogP contribution in [0.3, 0.4) is 0 Å². The fourth-order valence-electron chi connectivity index (χ4n) is 2.72. The number of anilines is 1. The van der Waals surface area contributed by atoms with E-state index in [4.69, 9.17) is 4.74 Å². The fraction of sp³-hybridized carbons (Fsp3) is 0.200. The molecule has 0 bridgehead atoms. The smallest absolute Gasteiger partial charge is 0.133 e. The zero-order chi connectivity index (χ0) is 18.7. The number of hydrogen-bond acceptors (Lipinski definition) is 3. The van der Waals surface area contributed by atoms with Crippen LogP contribution >= 0.6 is 15.9 Å². The van der Waals surface area contributed by atoms with Crippen molar-refractivity contribution in [2.75, 3.05) is 11.4 Å². The number of aliphatic hydroxyl groups excluding tert-OH is 1. The average Bonchev–Trinajstić information content (AvgIpc) is 2.63. The third kappa shape index (κ3) is 4.14. The molecule has 2 aromatic rings. The molecule has 0 amide bonds. The van der Waals surface area contributed by atoms with Crippen LogP contribution in [0.1, 0.15) is 18.1 Å². The Bertz CT molecular complexity index is 880. The van der Waals surface area contributed by atoms with Gasteiger partial charge in [0.15, 0.2) is 0 Å². The highest BCUT2D eigenvalue weighted by molar-refractivity contribution is 9.11. The highest BCUT2D eigenvalue weighted by Gasteiger charge is 2.19. The number of halogens is 3. The third-order valence-electron chi connectivity index (χ3n) is 4.13. The van der Waals surface area contributed by atoms with Gasteiger partial charge in [-0.25, -0.2) is 8.78 Å². The standard InChI is InChI=1S/C20H18BrF2NO2/c1-13-7-20(26-12-15-5-6-16(22)9-19(15)23)18(21)10-24(13)17-4-2-3-14(8-17)11-25/h2-9,25H,10-12H2,1H3. The van der Waals surface area contributed by atoms with Crippen molar-refractivity contribution in [3.63, 3.8) is 0 Å². The first-order valence-corrected chi connectivity index (χ1v) is 8.88. The average molecular weight is 422 g/mol. The summed E-state index contributed by atoms with van der Waals surface area (Å²) in [6.07, 6.45) is 1.86. The van der Waals surface area contributed by atoms with Gasteiger partial charge in [0.2, 0.25) is 0 Å². The second kappa shape index (κ2) is 8.01. The molecule has 0 aliphatic carbocycles. The van der Waals surface area contributed by atoms with E-state index in [0.29, 0.717) is 17.9 Å². The van der Waals surface area contributed by atoms with E-state index in [1.807, 2.05) is 37.3 Å². The second-order valence-electron chi connectivity index (χ2n) is 5.99. The lowest BCUT2D eigenvalue weighted by molar-refractivity contribution is 0.204. The summed E-state index contributed by atoms with van der Waals surface area (Å²) in [7, 11) is 0. The minimum Gasteiger partial charge on any atom is -0.488 e. The molecule has 0 spiro atoms. The maximum Gasteiger partial charge on any atom is 0.133 e. The van der Waals surface area contributed by atoms with Gasteiger partial charge in [0.25, 0.3) is 0 Å². The first-order valence-electron chi connectivity index (χ1n) is 8.09. The Kier molecular flexibility index (Phi) is 5.74. The van der Waals surface area contributed by atoms with Crippen molar-refractivity contribution in [1.82, 2.24) is 0 Å². The molecule has 1 N–H and O–H groups in total. The summed E-state index contributed by atoms with van der Waals surface area (Å²) in [5.41, 5.74) is 3.05. The Morgan fingerprint density at radius 3 is 2.73 bits per heavy atom. The molecule has 0 saturated heterocycles. The van der Waals surface area contributed by atoms with Crippen molar-refractivity contribution in [2.24, 2.45) is 0 Å². The van der Waals surface area contributed by atoms with Crippen molar-refractivity contribution in [3.8, 4) is 0 Å². The molecule has 0 saturated carbocycles. The lowest BCUT2D eigenvalue weighted by Gasteiger charge is -2.30. The summed E-state index contributed by atoms with van der Waals surface area (Å²) < 4.78 is 33.3. The van der Waals surface area contributed by atoms with Gasteiger partial charge in [0, 0.05) is 29.1 Å². The van der Waals surface area contributed by atoms with Gasteiger partial charge in [-0.2, -0.15) is 0 Å². The molecule has 1 heterocycles. The van der Waals surface area contributed by atoms with Crippen LogP contribution in [-0.2, 0) is 18.0 Å². The number of allylic oxidation sites excluding steroid dienone is 2. The zero-order valence-electron chi connectivity index (χ0n) is 14.2. The maximum absolute atomic E-state index is 13.7. The summed E-state index contributed by atoms with van der Waals surface area (Å²) in [5.74, 6) is -0.623. The van der Waals surface area contributed by atoms with Gasteiger partial charge in [0.05, 0.1) is 17.6 Å². The van der Waals surface area contributed by atoms with E-state index < -0.39 is 11.6 Å². The van der Waals surface area contributed by atoms with Crippen molar-refractivity contribution >= 4 is 21.6 Å². The molecular weight excluding hydrogens is 404 g/mol. The van der Waals surface area contributed by atoms with Crippen LogP contribution in [0.25, 0.3) is 0 Å². The molecule has 2 aromatic carbocycles. The third-order valence-corrected chi connectivity index (χ3v) is 4.77. The Balaban J connectivity index is 1.74. The van der Waals surface area contributed by atoms with Gasteiger partial charge >= 0.3 is 0 Å². The lowest BCUT2D eigenvalue weighted by atomic mass is 10.1. The summed E-state index contributed by atoms with van der Waals surface area (Å²) in [6, 6.07) is 11.1. The van der Waals surface area contributed by atoms with E-state index in [0.717, 1.165) is 27.5 Å². The van der Waals surface area contributed by atoms with E-state index >= 15 is 0 Å². The number of rotatable bonds is 5. The molecule has 3 rings (SSSR count). The van der Waals surface area contributed by atoms with Crippen LogP contribution < -0.4 is 4.90 Å². The molecule has 136 valence electrons. The summed E-state index contributed by atoms with van der Waals surface area (Å²) >= 11 is 3.52. The van der Waals surface area contributed by atoms with Crippen molar-refractivity contribution in [1.29, 1.82) is 0 Å². The van der Waals surface area contributed by atoms with Gasteiger partial charge < -0.3 is 14.7 Å². The number of nitrogens with zero attached hydrogens (tertiary/aromatic N) is 1. The molecule has 0 aromatic heterocycles. The molecular formula is C20H18BrF2NO2. The van der Waals surface area contributed by atoms with Gasteiger partial charge in [-0.1, -0.05) is 12.1 Å². The van der Waals surface area contributed by atoms with E-state index in [2.05, 4.69) is 20.8 Å². The predicted molar refractivity (Wildman–Crippen MR) is 101 cm³/mol. The topological polar surface area (TPSA) is 32.7 Å². The van der Waals surface area contributed by atoms with Gasteiger partial charge in [-0.3, -0.25) is 0 Å². The van der Waals surface area contributed by atoms with Crippen LogP contribution in [-0.4, -0.2) is 11.7 Å². The Hall–Kier alpha value is -2.18. The largest absolute Gasteiger partial charge is 0.488 e. The first kappa shape index (κ1) is 18.6. The summed E-state index contributed by atoms with van der Waals surface area (Å²) in [4.78, 5) is 2.08. The van der Waals surface area contributed by atoms with Crippen LogP contribution in [0, 0.1) is 11.6 Å². The van der Waals surface area contributed by atoms with Gasteiger partial charge in [0.1, 0.15) is 24.0 Å². The molecule has 0 radical (unpaired) electrons.